The van der Waals surface area contributed by atoms with E-state index in [1.165, 1.54) is 12.8 Å². The standard InChI is InChI=1S/C8H18Si.ClH/c1-2-6-9-7-4-3-5-8-9;/h9H,2-8H2,1H3;1H. The van der Waals surface area contributed by atoms with Crippen LogP contribution in [0.5, 0.6) is 0 Å². The molecule has 2 heteroatoms. The van der Waals surface area contributed by atoms with Gasteiger partial charge in [0.2, 0.25) is 0 Å². The SMILES string of the molecule is CCC[SiH]1CCCCC1.Cl. The van der Waals surface area contributed by atoms with E-state index < -0.39 is 0 Å². The maximum absolute atomic E-state index is 2.33. The molecule has 10 heavy (non-hydrogen) atoms. The van der Waals surface area contributed by atoms with Gasteiger partial charge in [0.05, 0.1) is 0 Å². The highest BCUT2D eigenvalue weighted by Gasteiger charge is 2.12. The van der Waals surface area contributed by atoms with Crippen molar-refractivity contribution in [2.24, 2.45) is 0 Å². The van der Waals surface area contributed by atoms with Gasteiger partial charge < -0.3 is 0 Å². The Morgan fingerprint density at radius 2 is 1.70 bits per heavy atom. The van der Waals surface area contributed by atoms with Crippen LogP contribution in [0.1, 0.15) is 32.6 Å². The maximum Gasteiger partial charge on any atom is 0.0367 e. The summed E-state index contributed by atoms with van der Waals surface area (Å²) in [5.74, 6) is 0. The highest BCUT2D eigenvalue weighted by Crippen LogP contribution is 2.21. The molecule has 0 aromatic rings. The molecular weight excluding hydrogens is 160 g/mol. The highest BCUT2D eigenvalue weighted by molar-refractivity contribution is 6.58. The van der Waals surface area contributed by atoms with E-state index in [1.54, 1.807) is 31.0 Å². The smallest absolute Gasteiger partial charge is 0.0367 e. The van der Waals surface area contributed by atoms with Crippen molar-refractivity contribution in [3.63, 3.8) is 0 Å². The van der Waals surface area contributed by atoms with Crippen LogP contribution in [0.4, 0.5) is 0 Å². The quantitative estimate of drug-likeness (QED) is 0.570. The number of hydrogen-bond acceptors (Lipinski definition) is 0. The Labute approximate surface area is 72.4 Å². The molecule has 0 atom stereocenters. The third kappa shape index (κ3) is 3.62. The third-order valence-corrected chi connectivity index (χ3v) is 6.27. The number of rotatable bonds is 2. The van der Waals surface area contributed by atoms with Gasteiger partial charge in [-0.25, -0.2) is 0 Å². The van der Waals surface area contributed by atoms with E-state index in [9.17, 15) is 0 Å². The molecule has 1 rings (SSSR count). The van der Waals surface area contributed by atoms with E-state index >= 15 is 0 Å². The molecule has 1 aliphatic rings. The minimum atomic E-state index is -0.126. The van der Waals surface area contributed by atoms with Crippen LogP contribution < -0.4 is 0 Å². The second-order valence-corrected chi connectivity index (χ2v) is 6.76. The van der Waals surface area contributed by atoms with E-state index in [0.717, 1.165) is 0 Å². The maximum atomic E-state index is 2.33. The van der Waals surface area contributed by atoms with Gasteiger partial charge in [-0.15, -0.1) is 12.4 Å². The van der Waals surface area contributed by atoms with Crippen LogP contribution in [0, 0.1) is 0 Å². The van der Waals surface area contributed by atoms with Gasteiger partial charge in [-0.2, -0.15) is 0 Å². The van der Waals surface area contributed by atoms with Crippen molar-refractivity contribution in [2.45, 2.75) is 50.7 Å². The summed E-state index contributed by atoms with van der Waals surface area (Å²) in [7, 11) is -0.126. The summed E-state index contributed by atoms with van der Waals surface area (Å²) in [4.78, 5) is 0. The van der Waals surface area contributed by atoms with Crippen LogP contribution in [0.3, 0.4) is 0 Å². The molecule has 0 amide bonds. The molecule has 1 heterocycles. The molecule has 0 aromatic carbocycles. The average molecular weight is 179 g/mol. The fourth-order valence-electron chi connectivity index (χ4n) is 1.88. The second kappa shape index (κ2) is 6.23. The minimum Gasteiger partial charge on any atom is -0.147 e. The summed E-state index contributed by atoms with van der Waals surface area (Å²) in [6.07, 6.45) is 6.12. The summed E-state index contributed by atoms with van der Waals surface area (Å²) in [5, 5.41) is 0. The lowest BCUT2D eigenvalue weighted by atomic mass is 10.3. The van der Waals surface area contributed by atoms with Gasteiger partial charge in [0.15, 0.2) is 0 Å². The summed E-state index contributed by atoms with van der Waals surface area (Å²) in [6, 6.07) is 4.95. The minimum absolute atomic E-state index is 0. The molecule has 1 fully saturated rings. The molecule has 0 nitrogen and oxygen atoms in total. The zero-order valence-corrected chi connectivity index (χ0v) is 8.91. The van der Waals surface area contributed by atoms with Crippen molar-refractivity contribution >= 4 is 21.2 Å². The summed E-state index contributed by atoms with van der Waals surface area (Å²) in [6.45, 7) is 2.33. The van der Waals surface area contributed by atoms with Gasteiger partial charge in [-0.1, -0.05) is 50.7 Å². The Morgan fingerprint density at radius 1 is 1.10 bits per heavy atom. The predicted octanol–water partition coefficient (Wildman–Crippen LogP) is 3.23. The molecule has 62 valence electrons. The van der Waals surface area contributed by atoms with Crippen LogP contribution in [-0.4, -0.2) is 8.80 Å². The Kier molecular flexibility index (Phi) is 6.55. The molecule has 0 saturated carbocycles. The molecule has 0 radical (unpaired) electrons. The van der Waals surface area contributed by atoms with E-state index in [-0.39, 0.29) is 21.2 Å². The fourth-order valence-corrected chi connectivity index (χ4v) is 5.30. The lowest BCUT2D eigenvalue weighted by Crippen LogP contribution is -2.14. The van der Waals surface area contributed by atoms with Gasteiger partial charge in [-0.05, 0) is 0 Å². The summed E-state index contributed by atoms with van der Waals surface area (Å²) >= 11 is 0. The van der Waals surface area contributed by atoms with Crippen molar-refractivity contribution in [1.29, 1.82) is 0 Å². The van der Waals surface area contributed by atoms with Crippen LogP contribution in [0.2, 0.25) is 18.1 Å². The fraction of sp³-hybridized carbons (Fsp3) is 1.00. The molecule has 0 N–H and O–H groups in total. The first kappa shape index (κ1) is 10.5. The monoisotopic (exact) mass is 178 g/mol. The predicted molar refractivity (Wildman–Crippen MR) is 53.0 cm³/mol. The van der Waals surface area contributed by atoms with Gasteiger partial charge in [0.25, 0.3) is 0 Å². The van der Waals surface area contributed by atoms with Crippen molar-refractivity contribution in [3.8, 4) is 0 Å². The Bertz CT molecular complexity index is 66.9. The normalized spacial score (nSPS) is 20.1. The average Bonchev–Trinajstić information content (AvgIpc) is 1.91. The molecule has 0 spiro atoms. The van der Waals surface area contributed by atoms with E-state index in [1.807, 2.05) is 0 Å². The van der Waals surface area contributed by atoms with Crippen LogP contribution >= 0.6 is 12.4 Å². The van der Waals surface area contributed by atoms with Crippen molar-refractivity contribution in [2.75, 3.05) is 0 Å². The second-order valence-electron chi connectivity index (χ2n) is 3.29. The van der Waals surface area contributed by atoms with Gasteiger partial charge in [-0.3, -0.25) is 0 Å². The van der Waals surface area contributed by atoms with E-state index in [0.29, 0.717) is 0 Å². The van der Waals surface area contributed by atoms with Crippen LogP contribution in [-0.2, 0) is 0 Å². The van der Waals surface area contributed by atoms with Crippen molar-refractivity contribution in [3.05, 3.63) is 0 Å². The lowest BCUT2D eigenvalue weighted by Gasteiger charge is -2.18. The van der Waals surface area contributed by atoms with E-state index in [4.69, 9.17) is 0 Å². The van der Waals surface area contributed by atoms with Crippen molar-refractivity contribution in [1.82, 2.24) is 0 Å². The number of hydrogen-bond donors (Lipinski definition) is 0. The lowest BCUT2D eigenvalue weighted by molar-refractivity contribution is 0.717. The molecule has 0 bridgehead atoms. The highest BCUT2D eigenvalue weighted by atomic mass is 35.5. The first-order chi connectivity index (χ1) is 4.43. The summed E-state index contributed by atoms with van der Waals surface area (Å²) < 4.78 is 0. The third-order valence-electron chi connectivity index (χ3n) is 2.42. The molecule has 0 unspecified atom stereocenters. The number of halogens is 1. The van der Waals surface area contributed by atoms with Crippen LogP contribution in [0.15, 0.2) is 0 Å². The van der Waals surface area contributed by atoms with Gasteiger partial charge in [0.1, 0.15) is 0 Å². The van der Waals surface area contributed by atoms with Gasteiger partial charge >= 0.3 is 0 Å². The molecule has 1 aliphatic heterocycles. The van der Waals surface area contributed by atoms with E-state index in [2.05, 4.69) is 6.92 Å². The Balaban J connectivity index is 0.000000810. The van der Waals surface area contributed by atoms with Gasteiger partial charge in [0, 0.05) is 8.80 Å². The Hall–Kier alpha value is 0.507. The molecule has 1 saturated heterocycles. The van der Waals surface area contributed by atoms with Crippen molar-refractivity contribution < 1.29 is 0 Å². The Morgan fingerprint density at radius 3 is 2.20 bits per heavy atom. The largest absolute Gasteiger partial charge is 0.147 e. The van der Waals surface area contributed by atoms with Crippen LogP contribution in [0.25, 0.3) is 0 Å². The molecular formula is C8H19ClSi. The summed E-state index contributed by atoms with van der Waals surface area (Å²) in [5.41, 5.74) is 0. The molecule has 0 aliphatic carbocycles. The molecule has 0 aromatic heterocycles. The zero-order valence-electron chi connectivity index (χ0n) is 6.94. The zero-order chi connectivity index (χ0) is 6.53. The topological polar surface area (TPSA) is 0 Å². The first-order valence-electron chi connectivity index (χ1n) is 4.43. The first-order valence-corrected chi connectivity index (χ1v) is 6.88.